The summed E-state index contributed by atoms with van der Waals surface area (Å²) in [5, 5.41) is 12.9. The predicted octanol–water partition coefficient (Wildman–Crippen LogP) is 3.12. The van der Waals surface area contributed by atoms with Crippen molar-refractivity contribution < 1.29 is 14.3 Å². The molecule has 3 heterocycles. The zero-order valence-electron chi connectivity index (χ0n) is 19.4. The molecule has 1 saturated heterocycles. The number of morpholine rings is 1. The van der Waals surface area contributed by atoms with Crippen LogP contribution in [0.25, 0.3) is 16.6 Å². The molecule has 9 heteroatoms. The van der Waals surface area contributed by atoms with Crippen molar-refractivity contribution in [2.75, 3.05) is 45.3 Å². The average Bonchev–Trinajstić information content (AvgIpc) is 3.44. The molecule has 9 nitrogen and oxygen atoms in total. The number of benzene rings is 2. The Kier molecular flexibility index (Phi) is 6.29. The maximum absolute atomic E-state index is 13.3. The van der Waals surface area contributed by atoms with Gasteiger partial charge in [-0.25, -0.2) is 4.68 Å². The first-order valence-corrected chi connectivity index (χ1v) is 11.4. The minimum atomic E-state index is -0.305. The van der Waals surface area contributed by atoms with E-state index in [1.54, 1.807) is 11.8 Å². The molecule has 1 amide bonds. The Morgan fingerprint density at radius 3 is 2.62 bits per heavy atom. The zero-order chi connectivity index (χ0) is 23.5. The summed E-state index contributed by atoms with van der Waals surface area (Å²) in [6.45, 7) is 6.69. The van der Waals surface area contributed by atoms with Crippen molar-refractivity contribution >= 4 is 22.6 Å². The second kappa shape index (κ2) is 9.66. The molecule has 2 aromatic heterocycles. The number of nitrogens with zero attached hydrogens (tertiary/aromatic N) is 5. The third-order valence-corrected chi connectivity index (χ3v) is 6.03. The number of ether oxygens (including phenoxy) is 2. The zero-order valence-corrected chi connectivity index (χ0v) is 19.4. The molecule has 1 N–H and O–H groups in total. The Morgan fingerprint density at radius 1 is 1.06 bits per heavy atom. The predicted molar refractivity (Wildman–Crippen MR) is 130 cm³/mol. The number of carbonyl (C=O) groups is 1. The standard InChI is InChI=1S/C25H28N6O3/c1-18-17-22(27-31(18)19-7-4-3-5-8-19)26-25(32)23-20-9-6-10-21(33-2)24(20)30(28-23)12-11-29-13-15-34-16-14-29/h3-10,17H,11-16H2,1-2H3,(H,26,27,32). The average molecular weight is 461 g/mol. The molecule has 4 aromatic rings. The van der Waals surface area contributed by atoms with Crippen molar-refractivity contribution in [3.05, 3.63) is 66.0 Å². The van der Waals surface area contributed by atoms with Crippen LogP contribution in [0.2, 0.25) is 0 Å². The van der Waals surface area contributed by atoms with Crippen LogP contribution in [0.5, 0.6) is 5.75 Å². The van der Waals surface area contributed by atoms with Gasteiger partial charge in [0.2, 0.25) is 0 Å². The summed E-state index contributed by atoms with van der Waals surface area (Å²) in [6.07, 6.45) is 0. The second-order valence-electron chi connectivity index (χ2n) is 8.25. The number of aromatic nitrogens is 4. The van der Waals surface area contributed by atoms with Gasteiger partial charge in [-0.1, -0.05) is 30.3 Å². The molecule has 1 aliphatic rings. The summed E-state index contributed by atoms with van der Waals surface area (Å²) in [5.41, 5.74) is 3.02. The fraction of sp³-hybridized carbons (Fsp3) is 0.320. The molecular weight excluding hydrogens is 432 g/mol. The van der Waals surface area contributed by atoms with Crippen LogP contribution in [0, 0.1) is 6.92 Å². The number of hydrogen-bond donors (Lipinski definition) is 1. The number of nitrogens with one attached hydrogen (secondary N) is 1. The third-order valence-electron chi connectivity index (χ3n) is 6.03. The van der Waals surface area contributed by atoms with Gasteiger partial charge < -0.3 is 14.8 Å². The van der Waals surface area contributed by atoms with Crippen LogP contribution in [0.3, 0.4) is 0 Å². The molecule has 2 aromatic carbocycles. The lowest BCUT2D eigenvalue weighted by atomic mass is 10.2. The van der Waals surface area contributed by atoms with Crippen molar-refractivity contribution in [2.24, 2.45) is 0 Å². The lowest BCUT2D eigenvalue weighted by Crippen LogP contribution is -2.38. The van der Waals surface area contributed by atoms with Gasteiger partial charge >= 0.3 is 0 Å². The van der Waals surface area contributed by atoms with Gasteiger partial charge in [-0.3, -0.25) is 14.4 Å². The molecule has 0 aliphatic carbocycles. The fourth-order valence-electron chi connectivity index (χ4n) is 4.30. The van der Waals surface area contributed by atoms with E-state index in [9.17, 15) is 4.79 Å². The van der Waals surface area contributed by atoms with Crippen LogP contribution in [0.1, 0.15) is 16.2 Å². The van der Waals surface area contributed by atoms with E-state index >= 15 is 0 Å². The topological polar surface area (TPSA) is 86.4 Å². The van der Waals surface area contributed by atoms with Gasteiger partial charge in [-0.15, -0.1) is 5.10 Å². The van der Waals surface area contributed by atoms with Crippen LogP contribution in [0.4, 0.5) is 5.82 Å². The highest BCUT2D eigenvalue weighted by Crippen LogP contribution is 2.29. The van der Waals surface area contributed by atoms with Crippen molar-refractivity contribution in [1.82, 2.24) is 24.5 Å². The van der Waals surface area contributed by atoms with Crippen LogP contribution >= 0.6 is 0 Å². The van der Waals surface area contributed by atoms with Gasteiger partial charge in [-0.2, -0.15) is 5.10 Å². The van der Waals surface area contributed by atoms with Gasteiger partial charge in [0.1, 0.15) is 11.3 Å². The Hall–Kier alpha value is -3.69. The van der Waals surface area contributed by atoms with E-state index in [0.717, 1.165) is 55.1 Å². The fourth-order valence-corrected chi connectivity index (χ4v) is 4.30. The normalized spacial score (nSPS) is 14.4. The molecule has 0 saturated carbocycles. The number of aryl methyl sites for hydroxylation is 1. The first-order chi connectivity index (χ1) is 16.6. The largest absolute Gasteiger partial charge is 0.494 e. The van der Waals surface area contributed by atoms with E-state index in [1.165, 1.54) is 0 Å². The molecule has 5 rings (SSSR count). The minimum Gasteiger partial charge on any atom is -0.494 e. The number of anilines is 1. The first-order valence-electron chi connectivity index (χ1n) is 11.4. The summed E-state index contributed by atoms with van der Waals surface area (Å²) in [4.78, 5) is 15.6. The number of carbonyl (C=O) groups excluding carboxylic acids is 1. The minimum absolute atomic E-state index is 0.305. The molecule has 0 radical (unpaired) electrons. The van der Waals surface area contributed by atoms with Crippen LogP contribution in [-0.2, 0) is 11.3 Å². The lowest BCUT2D eigenvalue weighted by molar-refractivity contribution is 0.0361. The number of methoxy groups -OCH3 is 1. The van der Waals surface area contributed by atoms with E-state index in [-0.39, 0.29) is 5.91 Å². The monoisotopic (exact) mass is 460 g/mol. The Labute approximate surface area is 197 Å². The van der Waals surface area contributed by atoms with Crippen molar-refractivity contribution in [3.8, 4) is 11.4 Å². The summed E-state index contributed by atoms with van der Waals surface area (Å²) >= 11 is 0. The van der Waals surface area contributed by atoms with Gasteiger partial charge in [-0.05, 0) is 25.1 Å². The first kappa shape index (κ1) is 22.1. The molecule has 1 aliphatic heterocycles. The highest BCUT2D eigenvalue weighted by molar-refractivity contribution is 6.11. The van der Waals surface area contributed by atoms with Crippen LogP contribution < -0.4 is 10.1 Å². The van der Waals surface area contributed by atoms with Crippen molar-refractivity contribution in [1.29, 1.82) is 0 Å². The van der Waals surface area contributed by atoms with Gasteiger partial charge in [0.15, 0.2) is 11.5 Å². The highest BCUT2D eigenvalue weighted by Gasteiger charge is 2.22. The quantitative estimate of drug-likeness (QED) is 0.456. The van der Waals surface area contributed by atoms with Gasteiger partial charge in [0.05, 0.1) is 32.6 Å². The summed E-state index contributed by atoms with van der Waals surface area (Å²) < 4.78 is 14.7. The van der Waals surface area contributed by atoms with Crippen LogP contribution in [-0.4, -0.2) is 70.3 Å². The second-order valence-corrected chi connectivity index (χ2v) is 8.25. The molecule has 0 atom stereocenters. The van der Waals surface area contributed by atoms with Gasteiger partial charge in [0, 0.05) is 36.8 Å². The molecular formula is C25H28N6O3. The summed E-state index contributed by atoms with van der Waals surface area (Å²) in [7, 11) is 1.63. The SMILES string of the molecule is COc1cccc2c(C(=O)Nc3cc(C)n(-c4ccccc4)n3)nn(CCN3CCOCC3)c12. The molecule has 34 heavy (non-hydrogen) atoms. The molecule has 0 unspecified atom stereocenters. The molecule has 1 fully saturated rings. The molecule has 0 bridgehead atoms. The van der Waals surface area contributed by atoms with Crippen LogP contribution in [0.15, 0.2) is 54.6 Å². The number of para-hydroxylation sites is 2. The number of hydrogen-bond acceptors (Lipinski definition) is 6. The Morgan fingerprint density at radius 2 is 1.85 bits per heavy atom. The summed E-state index contributed by atoms with van der Waals surface area (Å²) in [5.74, 6) is 0.863. The summed E-state index contributed by atoms with van der Waals surface area (Å²) in [6, 6.07) is 17.3. The number of fused-ring (bicyclic) bond motifs is 1. The van der Waals surface area contributed by atoms with Gasteiger partial charge in [0.25, 0.3) is 5.91 Å². The smallest absolute Gasteiger partial charge is 0.278 e. The van der Waals surface area contributed by atoms with E-state index < -0.39 is 0 Å². The number of amides is 1. The van der Waals surface area contributed by atoms with E-state index in [2.05, 4.69) is 15.3 Å². The van der Waals surface area contributed by atoms with E-state index in [4.69, 9.17) is 14.6 Å². The molecule has 0 spiro atoms. The van der Waals surface area contributed by atoms with E-state index in [0.29, 0.717) is 23.8 Å². The molecule has 176 valence electrons. The third kappa shape index (κ3) is 4.40. The Balaban J connectivity index is 1.42. The maximum Gasteiger partial charge on any atom is 0.278 e. The lowest BCUT2D eigenvalue weighted by Gasteiger charge is -2.26. The van der Waals surface area contributed by atoms with Crippen molar-refractivity contribution in [2.45, 2.75) is 13.5 Å². The van der Waals surface area contributed by atoms with Crippen molar-refractivity contribution in [3.63, 3.8) is 0 Å². The Bertz CT molecular complexity index is 1290. The highest BCUT2D eigenvalue weighted by atomic mass is 16.5. The number of rotatable bonds is 7. The maximum atomic E-state index is 13.3. The van der Waals surface area contributed by atoms with E-state index in [1.807, 2.05) is 66.2 Å².